The lowest BCUT2D eigenvalue weighted by atomic mass is 9.97. The fourth-order valence-corrected chi connectivity index (χ4v) is 4.38. The Balaban J connectivity index is 1.54. The molecule has 154 valence electrons. The Kier molecular flexibility index (Phi) is 5.20. The van der Waals surface area contributed by atoms with Crippen molar-refractivity contribution < 1.29 is 24.3 Å². The molecule has 3 aliphatic heterocycles. The van der Waals surface area contributed by atoms with E-state index >= 15 is 0 Å². The number of nitrogens with one attached hydrogen (secondary N) is 1. The monoisotopic (exact) mass is 400 g/mol. The molecule has 1 aromatic carbocycles. The van der Waals surface area contributed by atoms with Crippen LogP contribution in [0.4, 0.5) is 0 Å². The predicted octanol–water partition coefficient (Wildman–Crippen LogP) is -0.628. The van der Waals surface area contributed by atoms with Crippen LogP contribution in [0, 0.1) is 0 Å². The average Bonchev–Trinajstić information content (AvgIpc) is 2.94. The van der Waals surface area contributed by atoms with Crippen LogP contribution in [-0.2, 0) is 16.1 Å². The predicted molar refractivity (Wildman–Crippen MR) is 102 cm³/mol. The molecule has 4 N–H and O–H groups in total. The second-order valence-corrected chi connectivity index (χ2v) is 7.92. The molecule has 0 bridgehead atoms. The van der Waals surface area contributed by atoms with Crippen molar-refractivity contribution in [2.24, 2.45) is 5.73 Å². The number of amides is 4. The van der Waals surface area contributed by atoms with E-state index in [1.165, 1.54) is 0 Å². The minimum atomic E-state index is -0.967. The zero-order valence-corrected chi connectivity index (χ0v) is 16.0. The van der Waals surface area contributed by atoms with Crippen LogP contribution in [0.5, 0.6) is 0 Å². The van der Waals surface area contributed by atoms with Gasteiger partial charge in [-0.1, -0.05) is 6.07 Å². The molecule has 4 amide bonds. The molecule has 4 rings (SSSR count). The number of nitrogens with two attached hydrogens (primary N) is 1. The van der Waals surface area contributed by atoms with E-state index in [2.05, 4.69) is 10.2 Å². The van der Waals surface area contributed by atoms with Crippen molar-refractivity contribution in [3.63, 3.8) is 0 Å². The Morgan fingerprint density at radius 2 is 1.86 bits per heavy atom. The van der Waals surface area contributed by atoms with E-state index in [0.717, 1.165) is 23.4 Å². The molecule has 2 fully saturated rings. The van der Waals surface area contributed by atoms with Crippen LogP contribution in [0.2, 0.25) is 0 Å². The summed E-state index contributed by atoms with van der Waals surface area (Å²) in [6.07, 6.45) is 1.77. The molecule has 0 aromatic heterocycles. The molecule has 0 radical (unpaired) electrons. The van der Waals surface area contributed by atoms with Gasteiger partial charge in [0.15, 0.2) is 0 Å². The summed E-state index contributed by atoms with van der Waals surface area (Å²) in [4.78, 5) is 52.3. The summed E-state index contributed by atoms with van der Waals surface area (Å²) in [5, 5.41) is 11.8. The van der Waals surface area contributed by atoms with E-state index in [1.54, 1.807) is 18.2 Å². The molecule has 2 saturated heterocycles. The van der Waals surface area contributed by atoms with Gasteiger partial charge in [0.2, 0.25) is 11.8 Å². The lowest BCUT2D eigenvalue weighted by Crippen LogP contribution is -2.54. The molecule has 3 aliphatic rings. The molecule has 1 unspecified atom stereocenters. The highest BCUT2D eigenvalue weighted by Gasteiger charge is 2.44. The summed E-state index contributed by atoms with van der Waals surface area (Å²) in [6, 6.07) is 4.16. The number of carbonyl (C=O) groups excluding carboxylic acids is 4. The number of hydrogen-bond donors (Lipinski definition) is 3. The Bertz CT molecular complexity index is 886. The first-order valence-electron chi connectivity index (χ1n) is 9.84. The summed E-state index contributed by atoms with van der Waals surface area (Å²) < 4.78 is 0. The normalized spacial score (nSPS) is 27.9. The number of aliphatic hydroxyl groups is 1. The molecule has 29 heavy (non-hydrogen) atoms. The molecule has 1 aromatic rings. The standard InChI is InChI=1S/C20H24N4O5/c21-12-5-6-23(13(8-12)10-25)9-11-1-2-14-15(7-11)20(29)24(19(14)28)16-3-4-17(26)22-18(16)27/h1-2,7,12-13,16,25H,3-6,8-10,21H2,(H,22,26,27)/t12-,13-,16?/m1/s1. The molecule has 9 heteroatoms. The van der Waals surface area contributed by atoms with Gasteiger partial charge in [0.25, 0.3) is 11.8 Å². The minimum absolute atomic E-state index is 0.0132. The topological polar surface area (TPSA) is 133 Å². The fourth-order valence-electron chi connectivity index (χ4n) is 4.38. The molecule has 3 atom stereocenters. The molecule has 0 aliphatic carbocycles. The third-order valence-corrected chi connectivity index (χ3v) is 5.98. The van der Waals surface area contributed by atoms with Gasteiger partial charge in [-0.15, -0.1) is 0 Å². The molecular formula is C20H24N4O5. The van der Waals surface area contributed by atoms with Gasteiger partial charge < -0.3 is 10.8 Å². The molecular weight excluding hydrogens is 376 g/mol. The lowest BCUT2D eigenvalue weighted by Gasteiger charge is -2.37. The van der Waals surface area contributed by atoms with Gasteiger partial charge >= 0.3 is 0 Å². The summed E-state index contributed by atoms with van der Waals surface area (Å²) in [5.41, 5.74) is 7.38. The van der Waals surface area contributed by atoms with Crippen LogP contribution in [0.1, 0.15) is 52.0 Å². The first kappa shape index (κ1) is 19.7. The molecule has 3 heterocycles. The number of nitrogens with zero attached hydrogens (tertiary/aromatic N) is 2. The number of piperidine rings is 2. The molecule has 0 spiro atoms. The van der Waals surface area contributed by atoms with Crippen molar-refractivity contribution in [1.29, 1.82) is 0 Å². The number of imide groups is 2. The SMILES string of the molecule is N[C@@H]1CCN(Cc2ccc3c(c2)C(=O)N(C2CCC(=O)NC2=O)C3=O)[C@@H](CO)C1. The summed E-state index contributed by atoms with van der Waals surface area (Å²) >= 11 is 0. The second-order valence-electron chi connectivity index (χ2n) is 7.92. The van der Waals surface area contributed by atoms with Crippen molar-refractivity contribution in [2.45, 2.75) is 50.4 Å². The zero-order chi connectivity index (χ0) is 20.7. The summed E-state index contributed by atoms with van der Waals surface area (Å²) in [5.74, 6) is -2.04. The van der Waals surface area contributed by atoms with Crippen molar-refractivity contribution >= 4 is 23.6 Å². The number of rotatable bonds is 4. The number of fused-ring (bicyclic) bond motifs is 1. The van der Waals surface area contributed by atoms with Crippen LogP contribution in [0.15, 0.2) is 18.2 Å². The van der Waals surface area contributed by atoms with Crippen LogP contribution < -0.4 is 11.1 Å². The number of aliphatic hydroxyl groups excluding tert-OH is 1. The van der Waals surface area contributed by atoms with Gasteiger partial charge in [-0.25, -0.2) is 0 Å². The van der Waals surface area contributed by atoms with Crippen LogP contribution in [0.25, 0.3) is 0 Å². The Hall–Kier alpha value is -2.62. The van der Waals surface area contributed by atoms with Gasteiger partial charge in [-0.3, -0.25) is 34.3 Å². The maximum atomic E-state index is 12.9. The fraction of sp³-hybridized carbons (Fsp3) is 0.500. The van der Waals surface area contributed by atoms with E-state index in [4.69, 9.17) is 5.73 Å². The first-order chi connectivity index (χ1) is 13.9. The highest BCUT2D eigenvalue weighted by atomic mass is 16.3. The van der Waals surface area contributed by atoms with Crippen molar-refractivity contribution in [3.8, 4) is 0 Å². The van der Waals surface area contributed by atoms with E-state index in [1.807, 2.05) is 0 Å². The first-order valence-corrected chi connectivity index (χ1v) is 9.84. The van der Waals surface area contributed by atoms with Gasteiger partial charge in [-0.2, -0.15) is 0 Å². The van der Waals surface area contributed by atoms with Gasteiger partial charge in [0, 0.05) is 31.6 Å². The lowest BCUT2D eigenvalue weighted by molar-refractivity contribution is -0.136. The third-order valence-electron chi connectivity index (χ3n) is 5.98. The maximum absolute atomic E-state index is 12.9. The van der Waals surface area contributed by atoms with Crippen LogP contribution >= 0.6 is 0 Å². The number of likely N-dealkylation sites (tertiary alicyclic amines) is 1. The Morgan fingerprint density at radius 3 is 2.59 bits per heavy atom. The number of hydrogen-bond acceptors (Lipinski definition) is 7. The quantitative estimate of drug-likeness (QED) is 0.573. The molecule has 0 saturated carbocycles. The van der Waals surface area contributed by atoms with Crippen molar-refractivity contribution in [1.82, 2.24) is 15.1 Å². The number of carbonyl (C=O) groups is 4. The van der Waals surface area contributed by atoms with E-state index in [0.29, 0.717) is 13.0 Å². The maximum Gasteiger partial charge on any atom is 0.262 e. The Morgan fingerprint density at radius 1 is 1.10 bits per heavy atom. The average molecular weight is 400 g/mol. The van der Waals surface area contributed by atoms with E-state index in [9.17, 15) is 24.3 Å². The third kappa shape index (κ3) is 3.57. The highest BCUT2D eigenvalue weighted by molar-refractivity contribution is 6.23. The number of benzene rings is 1. The highest BCUT2D eigenvalue weighted by Crippen LogP contribution is 2.29. The van der Waals surface area contributed by atoms with Crippen molar-refractivity contribution in [2.75, 3.05) is 13.2 Å². The van der Waals surface area contributed by atoms with E-state index in [-0.39, 0.29) is 42.7 Å². The van der Waals surface area contributed by atoms with Gasteiger partial charge in [-0.05, 0) is 37.0 Å². The summed E-state index contributed by atoms with van der Waals surface area (Å²) in [7, 11) is 0. The molecule has 9 nitrogen and oxygen atoms in total. The second kappa shape index (κ2) is 7.66. The smallest absolute Gasteiger partial charge is 0.262 e. The Labute approximate surface area is 167 Å². The van der Waals surface area contributed by atoms with Gasteiger partial charge in [0.1, 0.15) is 6.04 Å². The minimum Gasteiger partial charge on any atom is -0.395 e. The largest absolute Gasteiger partial charge is 0.395 e. The summed E-state index contributed by atoms with van der Waals surface area (Å²) in [6.45, 7) is 1.29. The van der Waals surface area contributed by atoms with Crippen LogP contribution in [0.3, 0.4) is 0 Å². The van der Waals surface area contributed by atoms with Crippen molar-refractivity contribution in [3.05, 3.63) is 34.9 Å². The van der Waals surface area contributed by atoms with Gasteiger partial charge in [0.05, 0.1) is 17.7 Å². The van der Waals surface area contributed by atoms with E-state index < -0.39 is 29.7 Å². The zero-order valence-electron chi connectivity index (χ0n) is 16.0. The van der Waals surface area contributed by atoms with Crippen LogP contribution in [-0.4, -0.2) is 69.8 Å².